The van der Waals surface area contributed by atoms with Crippen molar-refractivity contribution in [1.82, 2.24) is 0 Å². The second kappa shape index (κ2) is 4.89. The van der Waals surface area contributed by atoms with Crippen LogP contribution in [0.2, 0.25) is 0 Å². The number of aryl methyl sites for hydroxylation is 1. The predicted octanol–water partition coefficient (Wildman–Crippen LogP) is 3.03. The molecule has 0 heterocycles. The number of nitrogens with two attached hydrogens (primary N) is 1. The van der Waals surface area contributed by atoms with E-state index < -0.39 is 5.97 Å². The monoisotopic (exact) mass is 269 g/mol. The topological polar surface area (TPSA) is 72.5 Å². The minimum atomic E-state index is -1.03. The van der Waals surface area contributed by atoms with Gasteiger partial charge in [-0.25, -0.2) is 4.79 Å². The van der Waals surface area contributed by atoms with E-state index in [0.29, 0.717) is 11.4 Å². The van der Waals surface area contributed by atoms with Crippen molar-refractivity contribution in [3.63, 3.8) is 0 Å². The number of anilines is 1. The fraction of sp³-hybridized carbons (Fsp3) is 0.188. The maximum atomic E-state index is 11.3. The van der Waals surface area contributed by atoms with Crippen LogP contribution in [0.15, 0.2) is 42.5 Å². The summed E-state index contributed by atoms with van der Waals surface area (Å²) in [5.41, 5.74) is 8.56. The molecule has 2 aromatic carbocycles. The average molecular weight is 269 g/mol. The molecule has 1 aliphatic carbocycles. The molecule has 4 nitrogen and oxygen atoms in total. The van der Waals surface area contributed by atoms with Gasteiger partial charge in [-0.15, -0.1) is 0 Å². The van der Waals surface area contributed by atoms with Crippen LogP contribution in [0.5, 0.6) is 5.75 Å². The molecule has 0 amide bonds. The largest absolute Gasteiger partial charge is 0.485 e. The zero-order chi connectivity index (χ0) is 14.1. The van der Waals surface area contributed by atoms with Gasteiger partial charge in [0.2, 0.25) is 0 Å². The third-order valence-corrected chi connectivity index (χ3v) is 3.58. The van der Waals surface area contributed by atoms with Crippen LogP contribution in [0.1, 0.15) is 34.0 Å². The molecule has 0 saturated heterocycles. The first-order valence-corrected chi connectivity index (χ1v) is 6.52. The van der Waals surface area contributed by atoms with E-state index in [0.717, 1.165) is 18.4 Å². The van der Waals surface area contributed by atoms with Gasteiger partial charge in [0.15, 0.2) is 0 Å². The van der Waals surface area contributed by atoms with Crippen LogP contribution in [0, 0.1) is 0 Å². The standard InChI is InChI=1S/C16H15NO3/c17-11-6-8-15(13(9-11)16(18)19)20-14-7-5-10-3-1-2-4-12(10)14/h1-4,6,8-9,14H,5,7,17H2,(H,18,19). The van der Waals surface area contributed by atoms with E-state index in [2.05, 4.69) is 6.07 Å². The molecule has 2 aromatic rings. The summed E-state index contributed by atoms with van der Waals surface area (Å²) in [6, 6.07) is 12.8. The first-order chi connectivity index (χ1) is 9.65. The Morgan fingerprint density at radius 1 is 1.25 bits per heavy atom. The van der Waals surface area contributed by atoms with Gasteiger partial charge in [-0.05, 0) is 42.2 Å². The Balaban J connectivity index is 1.92. The molecule has 1 aliphatic rings. The number of carbonyl (C=O) groups is 1. The van der Waals surface area contributed by atoms with Crippen LogP contribution >= 0.6 is 0 Å². The second-order valence-electron chi connectivity index (χ2n) is 4.90. The maximum Gasteiger partial charge on any atom is 0.339 e. The van der Waals surface area contributed by atoms with E-state index in [4.69, 9.17) is 10.5 Å². The molecule has 0 spiro atoms. The zero-order valence-electron chi connectivity index (χ0n) is 10.9. The Kier molecular flexibility index (Phi) is 3.06. The summed E-state index contributed by atoms with van der Waals surface area (Å²) in [7, 11) is 0. The van der Waals surface area contributed by atoms with E-state index in [1.54, 1.807) is 12.1 Å². The van der Waals surface area contributed by atoms with Crippen LogP contribution in [0.25, 0.3) is 0 Å². The molecule has 0 aromatic heterocycles. The number of benzene rings is 2. The van der Waals surface area contributed by atoms with Crippen LogP contribution in [-0.2, 0) is 6.42 Å². The van der Waals surface area contributed by atoms with Crippen LogP contribution in [-0.4, -0.2) is 11.1 Å². The predicted molar refractivity (Wildman–Crippen MR) is 75.9 cm³/mol. The highest BCUT2D eigenvalue weighted by molar-refractivity contribution is 5.92. The Morgan fingerprint density at radius 3 is 2.85 bits per heavy atom. The molecule has 3 N–H and O–H groups in total. The summed E-state index contributed by atoms with van der Waals surface area (Å²) >= 11 is 0. The molecule has 102 valence electrons. The Morgan fingerprint density at radius 2 is 2.05 bits per heavy atom. The van der Waals surface area contributed by atoms with Crippen molar-refractivity contribution in [3.05, 3.63) is 59.2 Å². The number of fused-ring (bicyclic) bond motifs is 1. The Labute approximate surface area is 116 Å². The van der Waals surface area contributed by atoms with Gasteiger partial charge >= 0.3 is 5.97 Å². The van der Waals surface area contributed by atoms with Gasteiger partial charge in [-0.2, -0.15) is 0 Å². The highest BCUT2D eigenvalue weighted by atomic mass is 16.5. The molecule has 0 saturated carbocycles. The number of aromatic carboxylic acids is 1. The van der Waals surface area contributed by atoms with Gasteiger partial charge in [0.25, 0.3) is 0 Å². The van der Waals surface area contributed by atoms with Gasteiger partial charge in [0.1, 0.15) is 17.4 Å². The lowest BCUT2D eigenvalue weighted by Crippen LogP contribution is -2.08. The van der Waals surface area contributed by atoms with E-state index in [9.17, 15) is 9.90 Å². The van der Waals surface area contributed by atoms with Crippen molar-refractivity contribution in [2.75, 3.05) is 5.73 Å². The number of carboxylic acids is 1. The smallest absolute Gasteiger partial charge is 0.339 e. The van der Waals surface area contributed by atoms with Crippen molar-refractivity contribution in [2.24, 2.45) is 0 Å². The highest BCUT2D eigenvalue weighted by Gasteiger charge is 2.25. The summed E-state index contributed by atoms with van der Waals surface area (Å²) in [5, 5.41) is 9.22. The number of nitrogen functional groups attached to an aromatic ring is 1. The van der Waals surface area contributed by atoms with Crippen molar-refractivity contribution in [1.29, 1.82) is 0 Å². The number of rotatable bonds is 3. The molecule has 0 fully saturated rings. The van der Waals surface area contributed by atoms with E-state index in [1.165, 1.54) is 11.6 Å². The highest BCUT2D eigenvalue weighted by Crippen LogP contribution is 2.36. The summed E-state index contributed by atoms with van der Waals surface area (Å²) in [6.07, 6.45) is 1.73. The lowest BCUT2D eigenvalue weighted by molar-refractivity contribution is 0.0689. The summed E-state index contributed by atoms with van der Waals surface area (Å²) < 4.78 is 5.91. The van der Waals surface area contributed by atoms with Gasteiger partial charge in [-0.3, -0.25) is 0 Å². The lowest BCUT2D eigenvalue weighted by Gasteiger charge is -2.16. The van der Waals surface area contributed by atoms with E-state index >= 15 is 0 Å². The first-order valence-electron chi connectivity index (χ1n) is 6.52. The minimum absolute atomic E-state index is 0.0899. The van der Waals surface area contributed by atoms with Crippen LogP contribution in [0.3, 0.4) is 0 Å². The third-order valence-electron chi connectivity index (χ3n) is 3.58. The third kappa shape index (κ3) is 2.20. The number of hydrogen-bond acceptors (Lipinski definition) is 3. The molecule has 4 heteroatoms. The summed E-state index contributed by atoms with van der Waals surface area (Å²) in [6.45, 7) is 0. The molecule has 0 bridgehead atoms. The van der Waals surface area contributed by atoms with E-state index in [-0.39, 0.29) is 11.7 Å². The second-order valence-corrected chi connectivity index (χ2v) is 4.90. The van der Waals surface area contributed by atoms with Crippen molar-refractivity contribution in [3.8, 4) is 5.75 Å². The fourth-order valence-electron chi connectivity index (χ4n) is 2.61. The van der Waals surface area contributed by atoms with Gasteiger partial charge in [0, 0.05) is 5.69 Å². The van der Waals surface area contributed by atoms with Crippen LogP contribution < -0.4 is 10.5 Å². The number of hydrogen-bond donors (Lipinski definition) is 2. The summed E-state index contributed by atoms with van der Waals surface area (Å²) in [4.78, 5) is 11.3. The van der Waals surface area contributed by atoms with Crippen molar-refractivity contribution >= 4 is 11.7 Å². The molecular weight excluding hydrogens is 254 g/mol. The number of ether oxygens (including phenoxy) is 1. The maximum absolute atomic E-state index is 11.3. The van der Waals surface area contributed by atoms with Gasteiger partial charge in [0.05, 0.1) is 0 Å². The van der Waals surface area contributed by atoms with Crippen LogP contribution in [0.4, 0.5) is 5.69 Å². The van der Waals surface area contributed by atoms with Gasteiger partial charge in [-0.1, -0.05) is 24.3 Å². The minimum Gasteiger partial charge on any atom is -0.485 e. The molecule has 1 unspecified atom stereocenters. The molecular formula is C16H15NO3. The Hall–Kier alpha value is -2.49. The van der Waals surface area contributed by atoms with E-state index in [1.807, 2.05) is 18.2 Å². The molecule has 0 aliphatic heterocycles. The molecule has 1 atom stereocenters. The molecule has 20 heavy (non-hydrogen) atoms. The summed E-state index contributed by atoms with van der Waals surface area (Å²) in [5.74, 6) is -0.660. The Bertz CT molecular complexity index is 667. The fourth-order valence-corrected chi connectivity index (χ4v) is 2.61. The lowest BCUT2D eigenvalue weighted by atomic mass is 10.1. The molecule has 3 rings (SSSR count). The zero-order valence-corrected chi connectivity index (χ0v) is 10.9. The SMILES string of the molecule is Nc1ccc(OC2CCc3ccccc32)c(C(=O)O)c1. The normalized spacial score (nSPS) is 16.7. The molecule has 0 radical (unpaired) electrons. The van der Waals surface area contributed by atoms with Gasteiger partial charge < -0.3 is 15.6 Å². The quantitative estimate of drug-likeness (QED) is 0.840. The average Bonchev–Trinajstić information content (AvgIpc) is 2.84. The van der Waals surface area contributed by atoms with Crippen molar-refractivity contribution in [2.45, 2.75) is 18.9 Å². The number of carboxylic acid groups (broad SMARTS) is 1. The van der Waals surface area contributed by atoms with Crippen molar-refractivity contribution < 1.29 is 14.6 Å². The first kappa shape index (κ1) is 12.5.